The van der Waals surface area contributed by atoms with E-state index in [2.05, 4.69) is 11.2 Å². The van der Waals surface area contributed by atoms with Gasteiger partial charge in [0, 0.05) is 26.1 Å². The lowest BCUT2D eigenvalue weighted by atomic mass is 9.90. The van der Waals surface area contributed by atoms with E-state index in [0.717, 1.165) is 0 Å². The van der Waals surface area contributed by atoms with E-state index < -0.39 is 23.2 Å². The largest absolute Gasteiger partial charge is 0.452 e. The number of nitrogens with one attached hydrogen (secondary N) is 1. The molecule has 0 aliphatic rings. The van der Waals surface area contributed by atoms with Crippen LogP contribution in [0.15, 0.2) is 0 Å². The lowest BCUT2D eigenvalue weighted by Gasteiger charge is -2.24. The molecule has 136 valence electrons. The first kappa shape index (κ1) is 22.3. The standard InChI is InChI=1S/C17H27ClN2O4/c1-7-8-24-17(23)12(4)9-13(15(21)19-11(2)3)10-14(18)16(22)20(5)6/h1,11-14H,8-10H2,2-6H3,(H,19,21). The van der Waals surface area contributed by atoms with E-state index in [4.69, 9.17) is 22.8 Å². The number of hydrogen-bond acceptors (Lipinski definition) is 4. The summed E-state index contributed by atoms with van der Waals surface area (Å²) in [4.78, 5) is 37.5. The van der Waals surface area contributed by atoms with E-state index in [0.29, 0.717) is 0 Å². The highest BCUT2D eigenvalue weighted by Crippen LogP contribution is 2.22. The van der Waals surface area contributed by atoms with Crippen molar-refractivity contribution in [2.75, 3.05) is 20.7 Å². The van der Waals surface area contributed by atoms with Gasteiger partial charge in [-0.05, 0) is 26.7 Å². The van der Waals surface area contributed by atoms with Crippen LogP contribution in [0.1, 0.15) is 33.6 Å². The second kappa shape index (κ2) is 10.9. The van der Waals surface area contributed by atoms with E-state index in [9.17, 15) is 14.4 Å². The van der Waals surface area contributed by atoms with Gasteiger partial charge in [-0.3, -0.25) is 14.4 Å². The van der Waals surface area contributed by atoms with Crippen LogP contribution >= 0.6 is 11.6 Å². The summed E-state index contributed by atoms with van der Waals surface area (Å²) in [5.41, 5.74) is 0. The van der Waals surface area contributed by atoms with Gasteiger partial charge in [0.15, 0.2) is 6.61 Å². The summed E-state index contributed by atoms with van der Waals surface area (Å²) >= 11 is 6.13. The number of esters is 1. The first-order chi connectivity index (χ1) is 11.1. The molecule has 0 aliphatic carbocycles. The molecule has 0 saturated carbocycles. The summed E-state index contributed by atoms with van der Waals surface area (Å²) in [5.74, 6) is 0.131. The highest BCUT2D eigenvalue weighted by molar-refractivity contribution is 6.30. The fourth-order valence-electron chi connectivity index (χ4n) is 2.12. The van der Waals surface area contributed by atoms with Crippen molar-refractivity contribution in [3.8, 4) is 12.3 Å². The molecule has 2 amide bonds. The zero-order valence-electron chi connectivity index (χ0n) is 15.0. The number of carbonyl (C=O) groups excluding carboxylic acids is 3. The molecule has 0 radical (unpaired) electrons. The van der Waals surface area contributed by atoms with Crippen molar-refractivity contribution in [2.24, 2.45) is 11.8 Å². The second-order valence-electron chi connectivity index (χ2n) is 6.24. The third-order valence-corrected chi connectivity index (χ3v) is 3.70. The molecule has 0 fully saturated rings. The molecule has 3 unspecified atom stereocenters. The number of halogens is 1. The van der Waals surface area contributed by atoms with Crippen LogP contribution in [0.25, 0.3) is 0 Å². The Morgan fingerprint density at radius 3 is 2.25 bits per heavy atom. The Bertz CT molecular complexity index is 485. The van der Waals surface area contributed by atoms with Gasteiger partial charge in [0.1, 0.15) is 5.38 Å². The van der Waals surface area contributed by atoms with Crippen LogP contribution < -0.4 is 5.32 Å². The first-order valence-corrected chi connectivity index (χ1v) is 8.29. The smallest absolute Gasteiger partial charge is 0.309 e. The maximum atomic E-state index is 12.4. The lowest BCUT2D eigenvalue weighted by molar-refractivity contribution is -0.147. The monoisotopic (exact) mass is 358 g/mol. The minimum atomic E-state index is -0.836. The highest BCUT2D eigenvalue weighted by Gasteiger charge is 2.30. The molecule has 0 aromatic heterocycles. The van der Waals surface area contributed by atoms with Gasteiger partial charge in [0.05, 0.1) is 5.92 Å². The quantitative estimate of drug-likeness (QED) is 0.384. The average Bonchev–Trinajstić information content (AvgIpc) is 2.49. The molecule has 24 heavy (non-hydrogen) atoms. The summed E-state index contributed by atoms with van der Waals surface area (Å²) in [7, 11) is 3.20. The number of alkyl halides is 1. The number of rotatable bonds is 9. The summed E-state index contributed by atoms with van der Waals surface area (Å²) in [5, 5.41) is 1.96. The Morgan fingerprint density at radius 1 is 1.21 bits per heavy atom. The molecule has 0 saturated heterocycles. The summed E-state index contributed by atoms with van der Waals surface area (Å²) in [6, 6.07) is -0.0537. The SMILES string of the molecule is C#CCOC(=O)C(C)CC(CC(Cl)C(=O)N(C)C)C(=O)NC(C)C. The Labute approximate surface area is 149 Å². The van der Waals surface area contributed by atoms with Crippen LogP contribution in [-0.4, -0.2) is 54.8 Å². The van der Waals surface area contributed by atoms with E-state index in [1.807, 2.05) is 13.8 Å². The van der Waals surface area contributed by atoms with E-state index >= 15 is 0 Å². The summed E-state index contributed by atoms with van der Waals surface area (Å²) < 4.78 is 4.89. The van der Waals surface area contributed by atoms with Gasteiger partial charge in [0.2, 0.25) is 11.8 Å². The van der Waals surface area contributed by atoms with E-state index in [-0.39, 0.29) is 37.3 Å². The van der Waals surface area contributed by atoms with Crippen LogP contribution in [0.2, 0.25) is 0 Å². The number of amides is 2. The van der Waals surface area contributed by atoms with Crippen molar-refractivity contribution in [1.82, 2.24) is 10.2 Å². The minimum absolute atomic E-state index is 0.0537. The van der Waals surface area contributed by atoms with Gasteiger partial charge < -0.3 is 15.0 Å². The molecule has 0 aliphatic heterocycles. The van der Waals surface area contributed by atoms with Gasteiger partial charge in [0.25, 0.3) is 0 Å². The van der Waals surface area contributed by atoms with Crippen molar-refractivity contribution in [3.63, 3.8) is 0 Å². The molecular weight excluding hydrogens is 332 g/mol. The molecule has 1 N–H and O–H groups in total. The molecule has 0 spiro atoms. The fraction of sp³-hybridized carbons (Fsp3) is 0.706. The van der Waals surface area contributed by atoms with Gasteiger partial charge in [-0.25, -0.2) is 0 Å². The Morgan fingerprint density at radius 2 is 1.79 bits per heavy atom. The number of ether oxygens (including phenoxy) is 1. The maximum absolute atomic E-state index is 12.4. The van der Waals surface area contributed by atoms with Crippen LogP contribution in [0.5, 0.6) is 0 Å². The molecule has 0 aromatic carbocycles. The molecule has 0 rings (SSSR count). The van der Waals surface area contributed by atoms with Crippen LogP contribution in [0, 0.1) is 24.2 Å². The molecule has 0 heterocycles. The van der Waals surface area contributed by atoms with Gasteiger partial charge in [-0.1, -0.05) is 12.8 Å². The topological polar surface area (TPSA) is 75.7 Å². The fourth-order valence-corrected chi connectivity index (χ4v) is 2.53. The molecule has 0 bridgehead atoms. The Balaban J connectivity index is 5.00. The molecular formula is C17H27ClN2O4. The highest BCUT2D eigenvalue weighted by atomic mass is 35.5. The number of nitrogens with zero attached hydrogens (tertiary/aromatic N) is 1. The van der Waals surface area contributed by atoms with Gasteiger partial charge in [-0.15, -0.1) is 18.0 Å². The predicted octanol–water partition coefficient (Wildman–Crippen LogP) is 1.42. The van der Waals surface area contributed by atoms with E-state index in [1.54, 1.807) is 21.0 Å². The zero-order valence-corrected chi connectivity index (χ0v) is 15.7. The summed E-state index contributed by atoms with van der Waals surface area (Å²) in [6.07, 6.45) is 5.43. The predicted molar refractivity (Wildman–Crippen MR) is 93.3 cm³/mol. The maximum Gasteiger partial charge on any atom is 0.309 e. The van der Waals surface area contributed by atoms with Crippen molar-refractivity contribution in [1.29, 1.82) is 0 Å². The van der Waals surface area contributed by atoms with Crippen molar-refractivity contribution in [3.05, 3.63) is 0 Å². The van der Waals surface area contributed by atoms with Crippen LogP contribution in [0.4, 0.5) is 0 Å². The van der Waals surface area contributed by atoms with Crippen LogP contribution in [-0.2, 0) is 19.1 Å². The lowest BCUT2D eigenvalue weighted by Crippen LogP contribution is -2.40. The molecule has 0 aromatic rings. The van der Waals surface area contributed by atoms with Crippen LogP contribution in [0.3, 0.4) is 0 Å². The second-order valence-corrected chi connectivity index (χ2v) is 6.77. The van der Waals surface area contributed by atoms with Gasteiger partial charge in [-0.2, -0.15) is 0 Å². The van der Waals surface area contributed by atoms with E-state index in [1.165, 1.54) is 4.90 Å². The molecule has 7 heteroatoms. The zero-order chi connectivity index (χ0) is 18.9. The molecule has 6 nitrogen and oxygen atoms in total. The van der Waals surface area contributed by atoms with Crippen molar-refractivity contribution in [2.45, 2.75) is 45.0 Å². The number of terminal acetylenes is 1. The third kappa shape index (κ3) is 8.21. The van der Waals surface area contributed by atoms with Crippen molar-refractivity contribution < 1.29 is 19.1 Å². The third-order valence-electron chi connectivity index (χ3n) is 3.34. The number of carbonyl (C=O) groups is 3. The normalized spacial score (nSPS) is 14.2. The Hall–Kier alpha value is -1.74. The first-order valence-electron chi connectivity index (χ1n) is 7.85. The minimum Gasteiger partial charge on any atom is -0.452 e. The average molecular weight is 359 g/mol. The Kier molecular flexibility index (Phi) is 10.1. The molecule has 3 atom stereocenters. The summed E-state index contributed by atoms with van der Waals surface area (Å²) in [6.45, 7) is 5.22. The number of hydrogen-bond donors (Lipinski definition) is 1. The van der Waals surface area contributed by atoms with Gasteiger partial charge >= 0.3 is 5.97 Å². The van der Waals surface area contributed by atoms with Crippen molar-refractivity contribution >= 4 is 29.4 Å².